The first-order valence-electron chi connectivity index (χ1n) is 10.1. The number of nitrogens with one attached hydrogen (secondary N) is 1. The van der Waals surface area contributed by atoms with Crippen molar-refractivity contribution in [2.45, 2.75) is 12.8 Å². The summed E-state index contributed by atoms with van der Waals surface area (Å²) in [6, 6.07) is 18.4. The number of para-hydroxylation sites is 2. The fourth-order valence-electron chi connectivity index (χ4n) is 3.53. The molecule has 160 valence electrons. The van der Waals surface area contributed by atoms with E-state index in [4.69, 9.17) is 21.1 Å². The van der Waals surface area contributed by atoms with Gasteiger partial charge in [-0.1, -0.05) is 23.7 Å². The number of methoxy groups -OCH3 is 1. The molecule has 0 radical (unpaired) electrons. The van der Waals surface area contributed by atoms with Gasteiger partial charge in [0.05, 0.1) is 7.11 Å². The molecule has 1 aliphatic rings. The van der Waals surface area contributed by atoms with Crippen molar-refractivity contribution in [2.24, 2.45) is 5.92 Å². The predicted octanol–water partition coefficient (Wildman–Crippen LogP) is 4.79. The van der Waals surface area contributed by atoms with Crippen LogP contribution in [0.1, 0.15) is 12.8 Å². The first-order chi connectivity index (χ1) is 15.1. The van der Waals surface area contributed by atoms with E-state index in [-0.39, 0.29) is 11.8 Å². The minimum Gasteiger partial charge on any atom is -0.493 e. The van der Waals surface area contributed by atoms with E-state index < -0.39 is 0 Å². The van der Waals surface area contributed by atoms with Crippen LogP contribution in [0.4, 0.5) is 11.5 Å². The third-order valence-corrected chi connectivity index (χ3v) is 5.43. The summed E-state index contributed by atoms with van der Waals surface area (Å²) in [5.41, 5.74) is 0.739. The van der Waals surface area contributed by atoms with Crippen LogP contribution >= 0.6 is 11.6 Å². The molecule has 0 bridgehead atoms. The number of halogens is 1. The van der Waals surface area contributed by atoms with E-state index >= 15 is 0 Å². The molecule has 0 aliphatic carbocycles. The topological polar surface area (TPSA) is 76.6 Å². The molecule has 1 aliphatic heterocycles. The first-order valence-corrected chi connectivity index (χ1v) is 10.5. The Bertz CT molecular complexity index is 1020. The maximum Gasteiger partial charge on any atom is 0.227 e. The van der Waals surface area contributed by atoms with E-state index in [1.807, 2.05) is 54.6 Å². The number of carbonyl (C=O) groups excluding carboxylic acids is 1. The number of aromatic nitrogens is 2. The summed E-state index contributed by atoms with van der Waals surface area (Å²) in [5.74, 6) is 2.74. The number of benzene rings is 2. The van der Waals surface area contributed by atoms with Gasteiger partial charge in [0, 0.05) is 24.7 Å². The van der Waals surface area contributed by atoms with Gasteiger partial charge in [-0.3, -0.25) is 4.79 Å². The van der Waals surface area contributed by atoms with Gasteiger partial charge in [0.2, 0.25) is 5.91 Å². The Morgan fingerprint density at radius 3 is 2.35 bits per heavy atom. The van der Waals surface area contributed by atoms with Crippen molar-refractivity contribution in [2.75, 3.05) is 30.4 Å². The third-order valence-electron chi connectivity index (χ3n) is 5.23. The number of carbonyl (C=O) groups is 1. The van der Waals surface area contributed by atoms with Gasteiger partial charge in [-0.25, -0.2) is 0 Å². The zero-order valence-corrected chi connectivity index (χ0v) is 17.9. The standard InChI is InChI=1S/C23H23ClN4O3/c1-30-19-4-2-3-5-20(19)31-18-8-6-17(7-9-18)25-23(29)16-12-14-28(15-13-16)22-11-10-21(24)26-27-22/h2-11,16H,12-15H2,1H3,(H,25,29). The summed E-state index contributed by atoms with van der Waals surface area (Å²) < 4.78 is 11.2. The highest BCUT2D eigenvalue weighted by Crippen LogP contribution is 2.31. The van der Waals surface area contributed by atoms with Gasteiger partial charge < -0.3 is 19.7 Å². The van der Waals surface area contributed by atoms with Crippen LogP contribution in [0.25, 0.3) is 0 Å². The predicted molar refractivity (Wildman–Crippen MR) is 120 cm³/mol. The van der Waals surface area contributed by atoms with Crippen molar-refractivity contribution in [3.63, 3.8) is 0 Å². The van der Waals surface area contributed by atoms with Gasteiger partial charge in [0.1, 0.15) is 5.75 Å². The van der Waals surface area contributed by atoms with Crippen LogP contribution in [0.2, 0.25) is 5.15 Å². The van der Waals surface area contributed by atoms with E-state index in [9.17, 15) is 4.79 Å². The van der Waals surface area contributed by atoms with E-state index in [0.717, 1.165) is 37.4 Å². The van der Waals surface area contributed by atoms with Crippen LogP contribution in [-0.2, 0) is 4.79 Å². The summed E-state index contributed by atoms with van der Waals surface area (Å²) in [5, 5.41) is 11.4. The van der Waals surface area contributed by atoms with Crippen LogP contribution < -0.4 is 19.7 Å². The lowest BCUT2D eigenvalue weighted by Gasteiger charge is -2.31. The lowest BCUT2D eigenvalue weighted by molar-refractivity contribution is -0.120. The van der Waals surface area contributed by atoms with Crippen molar-refractivity contribution in [1.29, 1.82) is 0 Å². The Balaban J connectivity index is 1.30. The van der Waals surface area contributed by atoms with Crippen molar-refractivity contribution in [3.8, 4) is 17.2 Å². The Morgan fingerprint density at radius 2 is 1.71 bits per heavy atom. The van der Waals surface area contributed by atoms with E-state index in [0.29, 0.717) is 22.4 Å². The Hall–Kier alpha value is -3.32. The Kier molecular flexibility index (Phi) is 6.52. The molecule has 1 fully saturated rings. The minimum absolute atomic E-state index is 0.0280. The molecule has 1 amide bonds. The highest BCUT2D eigenvalue weighted by Gasteiger charge is 2.25. The summed E-state index contributed by atoms with van der Waals surface area (Å²) >= 11 is 5.80. The molecule has 3 aromatic rings. The molecule has 8 heteroatoms. The number of amides is 1. The molecule has 0 atom stereocenters. The lowest BCUT2D eigenvalue weighted by Crippen LogP contribution is -2.38. The Morgan fingerprint density at radius 1 is 1.00 bits per heavy atom. The molecular formula is C23H23ClN4O3. The number of anilines is 2. The highest BCUT2D eigenvalue weighted by atomic mass is 35.5. The second-order valence-corrected chi connectivity index (χ2v) is 7.63. The molecule has 0 unspecified atom stereocenters. The quantitative estimate of drug-likeness (QED) is 0.596. The number of hydrogen-bond acceptors (Lipinski definition) is 6. The number of ether oxygens (including phenoxy) is 2. The molecule has 2 aromatic carbocycles. The van der Waals surface area contributed by atoms with E-state index in [1.54, 1.807) is 13.2 Å². The second kappa shape index (κ2) is 9.66. The van der Waals surface area contributed by atoms with Crippen LogP contribution in [0.15, 0.2) is 60.7 Å². The van der Waals surface area contributed by atoms with E-state index in [1.165, 1.54) is 0 Å². The summed E-state index contributed by atoms with van der Waals surface area (Å²) in [6.45, 7) is 1.50. The normalized spacial score (nSPS) is 14.2. The number of rotatable bonds is 6. The summed E-state index contributed by atoms with van der Waals surface area (Å²) in [4.78, 5) is 14.8. The fraction of sp³-hybridized carbons (Fsp3) is 0.261. The summed E-state index contributed by atoms with van der Waals surface area (Å²) in [6.07, 6.45) is 1.51. The van der Waals surface area contributed by atoms with Crippen molar-refractivity contribution in [3.05, 3.63) is 65.8 Å². The first kappa shape index (κ1) is 20.9. The largest absolute Gasteiger partial charge is 0.493 e. The van der Waals surface area contributed by atoms with Crippen LogP contribution in [0, 0.1) is 5.92 Å². The van der Waals surface area contributed by atoms with Gasteiger partial charge in [-0.15, -0.1) is 10.2 Å². The highest BCUT2D eigenvalue weighted by molar-refractivity contribution is 6.29. The van der Waals surface area contributed by atoms with E-state index in [2.05, 4.69) is 20.4 Å². The molecule has 1 N–H and O–H groups in total. The molecule has 31 heavy (non-hydrogen) atoms. The molecule has 0 saturated carbocycles. The van der Waals surface area contributed by atoms with Crippen LogP contribution in [0.3, 0.4) is 0 Å². The average molecular weight is 439 g/mol. The molecular weight excluding hydrogens is 416 g/mol. The molecule has 2 heterocycles. The van der Waals surface area contributed by atoms with Crippen molar-refractivity contribution >= 4 is 29.0 Å². The zero-order valence-electron chi connectivity index (χ0n) is 17.1. The number of nitrogens with zero attached hydrogens (tertiary/aromatic N) is 3. The maximum atomic E-state index is 12.7. The molecule has 7 nitrogen and oxygen atoms in total. The second-order valence-electron chi connectivity index (χ2n) is 7.24. The van der Waals surface area contributed by atoms with Gasteiger partial charge in [0.15, 0.2) is 22.5 Å². The number of hydrogen-bond donors (Lipinski definition) is 1. The van der Waals surface area contributed by atoms with Crippen molar-refractivity contribution < 1.29 is 14.3 Å². The SMILES string of the molecule is COc1ccccc1Oc1ccc(NC(=O)C2CCN(c3ccc(Cl)nn3)CC2)cc1. The zero-order chi connectivity index (χ0) is 21.6. The lowest BCUT2D eigenvalue weighted by atomic mass is 9.96. The van der Waals surface area contributed by atoms with Gasteiger partial charge in [0.25, 0.3) is 0 Å². The smallest absolute Gasteiger partial charge is 0.227 e. The molecule has 1 saturated heterocycles. The third kappa shape index (κ3) is 5.24. The Labute approximate surface area is 186 Å². The molecule has 4 rings (SSSR count). The fourth-order valence-corrected chi connectivity index (χ4v) is 3.63. The van der Waals surface area contributed by atoms with Gasteiger partial charge >= 0.3 is 0 Å². The maximum absolute atomic E-state index is 12.7. The average Bonchev–Trinajstić information content (AvgIpc) is 2.81. The van der Waals surface area contributed by atoms with Gasteiger partial charge in [-0.2, -0.15) is 0 Å². The monoisotopic (exact) mass is 438 g/mol. The van der Waals surface area contributed by atoms with Crippen molar-refractivity contribution in [1.82, 2.24) is 10.2 Å². The molecule has 0 spiro atoms. The summed E-state index contributed by atoms with van der Waals surface area (Å²) in [7, 11) is 1.61. The van der Waals surface area contributed by atoms with Crippen LogP contribution in [0.5, 0.6) is 17.2 Å². The minimum atomic E-state index is -0.0407. The van der Waals surface area contributed by atoms with Crippen LogP contribution in [-0.4, -0.2) is 36.3 Å². The van der Waals surface area contributed by atoms with Gasteiger partial charge in [-0.05, 0) is 61.4 Å². The molecule has 1 aromatic heterocycles. The number of piperidine rings is 1.